The van der Waals surface area contributed by atoms with Gasteiger partial charge in [-0.3, -0.25) is 14.5 Å². The molecule has 1 aliphatic carbocycles. The van der Waals surface area contributed by atoms with Crippen LogP contribution in [0.5, 0.6) is 0 Å². The standard InChI is InChI=1S/C17H23NO4S/c19-13(11-22-12-14-5-4-8-23-14)10-18-15(20)9-17(16(18)21)6-2-1-3-7-17/h4-5,8,13,19H,1-3,6-7,9-12H2/t13-/m1/s1. The van der Waals surface area contributed by atoms with Crippen LogP contribution >= 0.6 is 11.3 Å². The average Bonchev–Trinajstić information content (AvgIpc) is 3.12. The number of thiophene rings is 1. The fourth-order valence-corrected chi connectivity index (χ4v) is 4.26. The number of carbonyl (C=O) groups is 2. The fourth-order valence-electron chi connectivity index (χ4n) is 3.62. The Morgan fingerprint density at radius 1 is 1.30 bits per heavy atom. The number of aliphatic hydroxyl groups excluding tert-OH is 1. The SMILES string of the molecule is O=C1CC2(CCCCC2)C(=O)N1C[C@@H](O)COCc1cccs1. The lowest BCUT2D eigenvalue weighted by Crippen LogP contribution is -2.42. The molecule has 6 heteroatoms. The summed E-state index contributed by atoms with van der Waals surface area (Å²) >= 11 is 1.60. The second-order valence-electron chi connectivity index (χ2n) is 6.58. The van der Waals surface area contributed by atoms with Gasteiger partial charge < -0.3 is 9.84 Å². The highest BCUT2D eigenvalue weighted by Gasteiger charge is 2.51. The molecule has 2 fully saturated rings. The molecular formula is C17H23NO4S. The molecule has 1 aromatic heterocycles. The monoisotopic (exact) mass is 337 g/mol. The van der Waals surface area contributed by atoms with E-state index in [0.717, 1.165) is 37.0 Å². The predicted octanol–water partition coefficient (Wildman–Crippen LogP) is 2.34. The average molecular weight is 337 g/mol. The molecule has 0 aromatic carbocycles. The summed E-state index contributed by atoms with van der Waals surface area (Å²) in [5.74, 6) is -0.228. The summed E-state index contributed by atoms with van der Waals surface area (Å²) in [5, 5.41) is 12.1. The van der Waals surface area contributed by atoms with Gasteiger partial charge >= 0.3 is 0 Å². The Bertz CT molecular complexity index is 551. The minimum absolute atomic E-state index is 0.0455. The fraction of sp³-hybridized carbons (Fsp3) is 0.647. The van der Waals surface area contributed by atoms with Crippen LogP contribution in [0.2, 0.25) is 0 Å². The third-order valence-electron chi connectivity index (χ3n) is 4.83. The lowest BCUT2D eigenvalue weighted by atomic mass is 9.73. The number of amides is 2. The van der Waals surface area contributed by atoms with Crippen LogP contribution in [0.25, 0.3) is 0 Å². The van der Waals surface area contributed by atoms with E-state index in [1.165, 1.54) is 4.90 Å². The van der Waals surface area contributed by atoms with Gasteiger partial charge in [-0.25, -0.2) is 0 Å². The maximum atomic E-state index is 12.6. The zero-order valence-electron chi connectivity index (χ0n) is 13.2. The summed E-state index contributed by atoms with van der Waals surface area (Å²) in [6, 6.07) is 3.92. The van der Waals surface area contributed by atoms with Gasteiger partial charge in [0, 0.05) is 11.3 Å². The molecule has 2 heterocycles. The Balaban J connectivity index is 1.50. The first-order valence-corrected chi connectivity index (χ1v) is 9.12. The first-order valence-electron chi connectivity index (χ1n) is 8.24. The van der Waals surface area contributed by atoms with E-state index < -0.39 is 11.5 Å². The zero-order valence-corrected chi connectivity index (χ0v) is 14.0. The number of hydrogen-bond acceptors (Lipinski definition) is 5. The van der Waals surface area contributed by atoms with Crippen molar-refractivity contribution in [3.8, 4) is 0 Å². The molecule has 2 amide bonds. The molecule has 1 saturated heterocycles. The van der Waals surface area contributed by atoms with Crippen molar-refractivity contribution in [2.75, 3.05) is 13.2 Å². The van der Waals surface area contributed by atoms with Gasteiger partial charge in [0.05, 0.1) is 31.3 Å². The van der Waals surface area contributed by atoms with Crippen LogP contribution in [0.4, 0.5) is 0 Å². The largest absolute Gasteiger partial charge is 0.389 e. The highest BCUT2D eigenvalue weighted by atomic mass is 32.1. The van der Waals surface area contributed by atoms with Crippen LogP contribution in [0, 0.1) is 5.41 Å². The van der Waals surface area contributed by atoms with E-state index in [1.54, 1.807) is 11.3 Å². The van der Waals surface area contributed by atoms with Gasteiger partial charge in [-0.2, -0.15) is 0 Å². The van der Waals surface area contributed by atoms with E-state index in [4.69, 9.17) is 4.74 Å². The lowest BCUT2D eigenvalue weighted by molar-refractivity contribution is -0.144. The molecule has 1 spiro atoms. The van der Waals surface area contributed by atoms with Crippen molar-refractivity contribution < 1.29 is 19.4 Å². The molecular weight excluding hydrogens is 314 g/mol. The van der Waals surface area contributed by atoms with E-state index in [-0.39, 0.29) is 25.0 Å². The molecule has 1 saturated carbocycles. The van der Waals surface area contributed by atoms with Crippen LogP contribution < -0.4 is 0 Å². The van der Waals surface area contributed by atoms with Crippen molar-refractivity contribution in [2.24, 2.45) is 5.41 Å². The Hall–Kier alpha value is -1.24. The van der Waals surface area contributed by atoms with Crippen molar-refractivity contribution in [1.29, 1.82) is 0 Å². The third-order valence-corrected chi connectivity index (χ3v) is 5.68. The molecule has 0 unspecified atom stereocenters. The minimum Gasteiger partial charge on any atom is -0.389 e. The van der Waals surface area contributed by atoms with Crippen molar-refractivity contribution in [1.82, 2.24) is 4.90 Å². The molecule has 2 aliphatic rings. The number of hydrogen-bond donors (Lipinski definition) is 1. The molecule has 0 radical (unpaired) electrons. The van der Waals surface area contributed by atoms with Crippen LogP contribution in [0.3, 0.4) is 0 Å². The van der Waals surface area contributed by atoms with Gasteiger partial charge in [0.25, 0.3) is 0 Å². The smallest absolute Gasteiger partial charge is 0.235 e. The van der Waals surface area contributed by atoms with Crippen molar-refractivity contribution in [2.45, 2.75) is 51.2 Å². The first kappa shape index (κ1) is 16.6. The molecule has 5 nitrogen and oxygen atoms in total. The van der Waals surface area contributed by atoms with Crippen molar-refractivity contribution >= 4 is 23.2 Å². The normalized spacial score (nSPS) is 22.0. The van der Waals surface area contributed by atoms with Crippen LogP contribution in [-0.4, -0.2) is 41.1 Å². The number of imide groups is 1. The Morgan fingerprint density at radius 2 is 2.09 bits per heavy atom. The van der Waals surface area contributed by atoms with Crippen molar-refractivity contribution in [3.63, 3.8) is 0 Å². The molecule has 0 bridgehead atoms. The number of likely N-dealkylation sites (tertiary alicyclic amines) is 1. The zero-order chi connectivity index (χ0) is 16.3. The molecule has 3 rings (SSSR count). The summed E-state index contributed by atoms with van der Waals surface area (Å²) in [7, 11) is 0. The van der Waals surface area contributed by atoms with Crippen LogP contribution in [0.15, 0.2) is 17.5 Å². The van der Waals surface area contributed by atoms with Gasteiger partial charge in [0.15, 0.2) is 0 Å². The van der Waals surface area contributed by atoms with Crippen LogP contribution in [0.1, 0.15) is 43.4 Å². The number of carbonyl (C=O) groups excluding carboxylic acids is 2. The highest BCUT2D eigenvalue weighted by molar-refractivity contribution is 7.09. The van der Waals surface area contributed by atoms with Gasteiger partial charge in [0.1, 0.15) is 0 Å². The van der Waals surface area contributed by atoms with Gasteiger partial charge in [0.2, 0.25) is 11.8 Å². The van der Waals surface area contributed by atoms with E-state index in [0.29, 0.717) is 13.0 Å². The van der Waals surface area contributed by atoms with Gasteiger partial charge in [-0.15, -0.1) is 11.3 Å². The van der Waals surface area contributed by atoms with E-state index in [1.807, 2.05) is 17.5 Å². The van der Waals surface area contributed by atoms with E-state index in [9.17, 15) is 14.7 Å². The quantitative estimate of drug-likeness (QED) is 0.809. The van der Waals surface area contributed by atoms with Crippen LogP contribution in [-0.2, 0) is 20.9 Å². The molecule has 1 aliphatic heterocycles. The highest BCUT2D eigenvalue weighted by Crippen LogP contribution is 2.45. The molecule has 1 aromatic rings. The summed E-state index contributed by atoms with van der Waals surface area (Å²) < 4.78 is 5.47. The van der Waals surface area contributed by atoms with Gasteiger partial charge in [-0.05, 0) is 24.3 Å². The van der Waals surface area contributed by atoms with Gasteiger partial charge in [-0.1, -0.05) is 25.3 Å². The summed E-state index contributed by atoms with van der Waals surface area (Å²) in [6.07, 6.45) is 4.26. The number of aliphatic hydroxyl groups is 1. The molecule has 23 heavy (non-hydrogen) atoms. The van der Waals surface area contributed by atoms with E-state index in [2.05, 4.69) is 0 Å². The Labute approximate surface area is 140 Å². The number of rotatable bonds is 6. The molecule has 1 N–H and O–H groups in total. The number of β-amino-alcohol motifs (C(OH)–C–C–N with tert-alkyl or cyclic N) is 1. The van der Waals surface area contributed by atoms with Crippen molar-refractivity contribution in [3.05, 3.63) is 22.4 Å². The second kappa shape index (κ2) is 7.11. The number of nitrogens with zero attached hydrogens (tertiary/aromatic N) is 1. The minimum atomic E-state index is -0.832. The van der Waals surface area contributed by atoms with E-state index >= 15 is 0 Å². The third kappa shape index (κ3) is 3.65. The molecule has 1 atom stereocenters. The summed E-state index contributed by atoms with van der Waals surface area (Å²) in [4.78, 5) is 27.2. The Kier molecular flexibility index (Phi) is 5.14. The first-order chi connectivity index (χ1) is 11.1. The topological polar surface area (TPSA) is 66.8 Å². The summed E-state index contributed by atoms with van der Waals surface area (Å²) in [5.41, 5.74) is -0.479. The Morgan fingerprint density at radius 3 is 2.78 bits per heavy atom. The lowest BCUT2D eigenvalue weighted by Gasteiger charge is -2.30. The predicted molar refractivity (Wildman–Crippen MR) is 86.8 cm³/mol. The molecule has 126 valence electrons. The maximum Gasteiger partial charge on any atom is 0.235 e. The second-order valence-corrected chi connectivity index (χ2v) is 7.61. The summed E-state index contributed by atoms with van der Waals surface area (Å²) in [6.45, 7) is 0.617. The maximum absolute atomic E-state index is 12.6. The number of ether oxygens (including phenoxy) is 1.